The number of amides is 1. The Bertz CT molecular complexity index is 269. The molecule has 0 radical (unpaired) electrons. The van der Waals surface area contributed by atoms with Crippen molar-refractivity contribution in [1.29, 1.82) is 0 Å². The van der Waals surface area contributed by atoms with Crippen molar-refractivity contribution in [3.8, 4) is 5.88 Å². The molecule has 0 unspecified atom stereocenters. The van der Waals surface area contributed by atoms with Crippen LogP contribution in [0.15, 0.2) is 10.7 Å². The van der Waals surface area contributed by atoms with E-state index >= 15 is 0 Å². The Hall–Kier alpha value is -1.52. The van der Waals surface area contributed by atoms with E-state index in [2.05, 4.69) is 14.7 Å². The summed E-state index contributed by atoms with van der Waals surface area (Å²) in [7, 11) is 0. The van der Waals surface area contributed by atoms with Crippen molar-refractivity contribution in [3.05, 3.63) is 12.2 Å². The third-order valence-corrected chi connectivity index (χ3v) is 1.22. The zero-order chi connectivity index (χ0) is 8.97. The fourth-order valence-corrected chi connectivity index (χ4v) is 0.684. The molecule has 0 saturated heterocycles. The summed E-state index contributed by atoms with van der Waals surface area (Å²) in [6.45, 7) is 2.51. The van der Waals surface area contributed by atoms with Crippen LogP contribution in [0.5, 0.6) is 5.88 Å². The number of aromatic hydroxyl groups is 1. The normalized spacial score (nSPS) is 9.75. The lowest BCUT2D eigenvalue weighted by Crippen LogP contribution is -2.24. The van der Waals surface area contributed by atoms with E-state index in [1.54, 1.807) is 0 Å². The zero-order valence-electron chi connectivity index (χ0n) is 6.70. The van der Waals surface area contributed by atoms with Crippen LogP contribution >= 0.6 is 0 Å². The van der Waals surface area contributed by atoms with Crippen LogP contribution in [0.25, 0.3) is 0 Å². The molecule has 2 N–H and O–H groups in total. The standard InChI is InChI=1S/C7H10N2O3/c1-2-3-8-6(11)7-9-5(10)4-12-7/h4,10H,2-3H2,1H3,(H,8,11). The van der Waals surface area contributed by atoms with Gasteiger partial charge in [-0.3, -0.25) is 4.79 Å². The number of aromatic nitrogens is 1. The molecule has 0 aliphatic carbocycles. The minimum atomic E-state index is -0.405. The molecule has 0 aliphatic rings. The number of carbonyl (C=O) groups is 1. The first-order valence-electron chi connectivity index (χ1n) is 3.66. The van der Waals surface area contributed by atoms with Crippen LogP contribution in [0.1, 0.15) is 24.0 Å². The quantitative estimate of drug-likeness (QED) is 0.693. The van der Waals surface area contributed by atoms with Crippen molar-refractivity contribution in [2.75, 3.05) is 6.54 Å². The molecule has 0 fully saturated rings. The Balaban J connectivity index is 2.53. The average Bonchev–Trinajstić information content (AvgIpc) is 2.47. The highest BCUT2D eigenvalue weighted by Gasteiger charge is 2.11. The van der Waals surface area contributed by atoms with Gasteiger partial charge in [0.15, 0.2) is 6.26 Å². The smallest absolute Gasteiger partial charge is 0.307 e. The molecule has 0 aromatic carbocycles. The Kier molecular flexibility index (Phi) is 2.68. The predicted octanol–water partition coefficient (Wildman–Crippen LogP) is 0.520. The van der Waals surface area contributed by atoms with Gasteiger partial charge in [-0.1, -0.05) is 6.92 Å². The molecule has 0 aliphatic heterocycles. The number of hydrogen-bond acceptors (Lipinski definition) is 4. The van der Waals surface area contributed by atoms with E-state index in [0.29, 0.717) is 6.54 Å². The Morgan fingerprint density at radius 1 is 1.83 bits per heavy atom. The number of carbonyl (C=O) groups excluding carboxylic acids is 1. The van der Waals surface area contributed by atoms with Crippen LogP contribution < -0.4 is 5.32 Å². The van der Waals surface area contributed by atoms with E-state index < -0.39 is 5.91 Å². The lowest BCUT2D eigenvalue weighted by molar-refractivity contribution is 0.0919. The second kappa shape index (κ2) is 3.75. The predicted molar refractivity (Wildman–Crippen MR) is 40.8 cm³/mol. The Labute approximate surface area is 69.4 Å². The van der Waals surface area contributed by atoms with Crippen molar-refractivity contribution in [1.82, 2.24) is 10.3 Å². The first kappa shape index (κ1) is 8.58. The summed E-state index contributed by atoms with van der Waals surface area (Å²) in [6.07, 6.45) is 1.86. The molecule has 5 heteroatoms. The number of nitrogens with zero attached hydrogens (tertiary/aromatic N) is 1. The topological polar surface area (TPSA) is 75.4 Å². The van der Waals surface area contributed by atoms with Gasteiger partial charge in [-0.15, -0.1) is 0 Å². The van der Waals surface area contributed by atoms with Crippen LogP contribution in [-0.4, -0.2) is 22.5 Å². The van der Waals surface area contributed by atoms with Gasteiger partial charge in [0.05, 0.1) is 0 Å². The third-order valence-electron chi connectivity index (χ3n) is 1.22. The van der Waals surface area contributed by atoms with Gasteiger partial charge in [-0.25, -0.2) is 0 Å². The maximum Gasteiger partial charge on any atom is 0.307 e. The van der Waals surface area contributed by atoms with Crippen molar-refractivity contribution in [2.24, 2.45) is 0 Å². The maximum absolute atomic E-state index is 11.0. The summed E-state index contributed by atoms with van der Waals surface area (Å²) in [5, 5.41) is 11.3. The van der Waals surface area contributed by atoms with Crippen molar-refractivity contribution < 1.29 is 14.3 Å². The minimum absolute atomic E-state index is 0.110. The van der Waals surface area contributed by atoms with E-state index in [4.69, 9.17) is 5.11 Å². The van der Waals surface area contributed by atoms with Crippen LogP contribution in [0.3, 0.4) is 0 Å². The van der Waals surface area contributed by atoms with Gasteiger partial charge >= 0.3 is 5.91 Å². The van der Waals surface area contributed by atoms with Gasteiger partial charge in [0.2, 0.25) is 0 Å². The summed E-state index contributed by atoms with van der Waals surface area (Å²) >= 11 is 0. The lowest BCUT2D eigenvalue weighted by atomic mass is 10.4. The maximum atomic E-state index is 11.0. The molecule has 66 valence electrons. The van der Waals surface area contributed by atoms with Gasteiger partial charge in [0, 0.05) is 6.54 Å². The molecule has 1 amide bonds. The van der Waals surface area contributed by atoms with Gasteiger partial charge in [-0.2, -0.15) is 4.98 Å². The zero-order valence-corrected chi connectivity index (χ0v) is 6.70. The highest BCUT2D eigenvalue weighted by Crippen LogP contribution is 2.06. The highest BCUT2D eigenvalue weighted by molar-refractivity contribution is 5.89. The van der Waals surface area contributed by atoms with Crippen molar-refractivity contribution in [2.45, 2.75) is 13.3 Å². The monoisotopic (exact) mass is 170 g/mol. The average molecular weight is 170 g/mol. The minimum Gasteiger partial charge on any atom is -0.491 e. The molecule has 1 heterocycles. The Morgan fingerprint density at radius 3 is 3.08 bits per heavy atom. The summed E-state index contributed by atoms with van der Waals surface area (Å²) in [5.74, 6) is -0.797. The van der Waals surface area contributed by atoms with Gasteiger partial charge in [-0.05, 0) is 6.42 Å². The van der Waals surface area contributed by atoms with Crippen molar-refractivity contribution >= 4 is 5.91 Å². The van der Waals surface area contributed by atoms with Gasteiger partial charge in [0.1, 0.15) is 0 Å². The first-order chi connectivity index (χ1) is 5.74. The fourth-order valence-electron chi connectivity index (χ4n) is 0.684. The number of rotatable bonds is 3. The summed E-state index contributed by atoms with van der Waals surface area (Å²) in [4.78, 5) is 14.5. The molecular weight excluding hydrogens is 160 g/mol. The molecule has 0 bridgehead atoms. The molecule has 1 rings (SSSR count). The number of hydrogen-bond donors (Lipinski definition) is 2. The summed E-state index contributed by atoms with van der Waals surface area (Å²) in [5.41, 5.74) is 0. The van der Waals surface area contributed by atoms with Crippen LogP contribution in [-0.2, 0) is 0 Å². The first-order valence-corrected chi connectivity index (χ1v) is 3.66. The van der Waals surface area contributed by atoms with Gasteiger partial charge in [0.25, 0.3) is 11.8 Å². The van der Waals surface area contributed by atoms with Crippen molar-refractivity contribution in [3.63, 3.8) is 0 Å². The molecule has 5 nitrogen and oxygen atoms in total. The second-order valence-corrected chi connectivity index (χ2v) is 2.27. The number of oxazole rings is 1. The van der Waals surface area contributed by atoms with E-state index in [0.717, 1.165) is 12.7 Å². The second-order valence-electron chi connectivity index (χ2n) is 2.27. The van der Waals surface area contributed by atoms with Crippen LogP contribution in [0, 0.1) is 0 Å². The SMILES string of the molecule is CCCNC(=O)c1nc(O)co1. The van der Waals surface area contributed by atoms with Gasteiger partial charge < -0.3 is 14.8 Å². The van der Waals surface area contributed by atoms with E-state index in [1.165, 1.54) is 0 Å². The van der Waals surface area contributed by atoms with Crippen LogP contribution in [0.2, 0.25) is 0 Å². The molecule has 0 atom stereocenters. The van der Waals surface area contributed by atoms with E-state index in [-0.39, 0.29) is 11.8 Å². The largest absolute Gasteiger partial charge is 0.491 e. The molecule has 12 heavy (non-hydrogen) atoms. The number of nitrogens with one attached hydrogen (secondary N) is 1. The summed E-state index contributed by atoms with van der Waals surface area (Å²) in [6, 6.07) is 0. The highest BCUT2D eigenvalue weighted by atomic mass is 16.4. The molecule has 0 spiro atoms. The molecule has 0 saturated carbocycles. The Morgan fingerprint density at radius 2 is 2.58 bits per heavy atom. The molecule has 1 aromatic heterocycles. The van der Waals surface area contributed by atoms with Crippen LogP contribution in [0.4, 0.5) is 0 Å². The molecule has 1 aromatic rings. The molecular formula is C7H10N2O3. The summed E-state index contributed by atoms with van der Waals surface area (Å²) < 4.78 is 4.65. The van der Waals surface area contributed by atoms with E-state index in [1.807, 2.05) is 6.92 Å². The van der Waals surface area contributed by atoms with E-state index in [9.17, 15) is 4.79 Å². The fraction of sp³-hybridized carbons (Fsp3) is 0.429. The lowest BCUT2D eigenvalue weighted by Gasteiger charge is -1.96. The third kappa shape index (κ3) is 1.98.